The van der Waals surface area contributed by atoms with Gasteiger partial charge in [-0.15, -0.1) is 0 Å². The normalized spacial score (nSPS) is 19.2. The molecule has 78 valence electrons. The van der Waals surface area contributed by atoms with Gasteiger partial charge >= 0.3 is 0 Å². The van der Waals surface area contributed by atoms with Crippen LogP contribution >= 0.6 is 0 Å². The zero-order valence-electron chi connectivity index (χ0n) is 8.83. The minimum absolute atomic E-state index is 0.0370. The van der Waals surface area contributed by atoms with Crippen molar-refractivity contribution in [3.8, 4) is 0 Å². The molecule has 0 heterocycles. The fourth-order valence-electron chi connectivity index (χ4n) is 1.75. The highest BCUT2D eigenvalue weighted by atomic mass is 16.1. The number of allylic oxidation sites excluding steroid dienone is 3. The summed E-state index contributed by atoms with van der Waals surface area (Å²) in [5.74, 6) is 0.0370. The first kappa shape index (κ1) is 11.0. The Labute approximate surface area is 86.1 Å². The molecule has 1 aliphatic rings. The molecule has 0 spiro atoms. The van der Waals surface area contributed by atoms with E-state index in [-0.39, 0.29) is 5.91 Å². The molecule has 1 saturated carbocycles. The van der Waals surface area contributed by atoms with Gasteiger partial charge in [0, 0.05) is 12.1 Å². The molecule has 0 aliphatic heterocycles. The molecule has 0 aromatic heterocycles. The molecule has 0 aromatic carbocycles. The molecule has 0 saturated heterocycles. The molecular weight excluding hydrogens is 174 g/mol. The lowest BCUT2D eigenvalue weighted by Gasteiger charge is -2.21. The van der Waals surface area contributed by atoms with Gasteiger partial charge in [-0.25, -0.2) is 0 Å². The lowest BCUT2D eigenvalue weighted by molar-refractivity contribution is -0.117. The predicted molar refractivity (Wildman–Crippen MR) is 59.0 cm³/mol. The Morgan fingerprint density at radius 3 is 2.57 bits per heavy atom. The first-order valence-electron chi connectivity index (χ1n) is 5.43. The second-order valence-electron chi connectivity index (χ2n) is 3.73. The lowest BCUT2D eigenvalue weighted by atomic mass is 9.95. The number of rotatable bonds is 3. The van der Waals surface area contributed by atoms with Crippen molar-refractivity contribution in [2.75, 3.05) is 0 Å². The Hall–Kier alpha value is -1.05. The van der Waals surface area contributed by atoms with Crippen molar-refractivity contribution in [1.82, 2.24) is 5.32 Å². The largest absolute Gasteiger partial charge is 0.350 e. The summed E-state index contributed by atoms with van der Waals surface area (Å²) in [4.78, 5) is 11.4. The molecule has 2 heteroatoms. The quantitative estimate of drug-likeness (QED) is 0.541. The summed E-state index contributed by atoms with van der Waals surface area (Å²) in [5, 5.41) is 3.02. The van der Waals surface area contributed by atoms with Crippen molar-refractivity contribution in [2.24, 2.45) is 0 Å². The van der Waals surface area contributed by atoms with Crippen molar-refractivity contribution in [3.63, 3.8) is 0 Å². The monoisotopic (exact) mass is 193 g/mol. The molecule has 0 bridgehead atoms. The van der Waals surface area contributed by atoms with Crippen LogP contribution in [0, 0.1) is 0 Å². The average Bonchev–Trinajstić information content (AvgIpc) is 2.20. The minimum atomic E-state index is 0.0370. The number of carbonyl (C=O) groups is 1. The molecule has 0 aromatic rings. The van der Waals surface area contributed by atoms with Crippen LogP contribution in [-0.4, -0.2) is 11.9 Å². The summed E-state index contributed by atoms with van der Waals surface area (Å²) < 4.78 is 0. The Morgan fingerprint density at radius 2 is 1.93 bits per heavy atom. The van der Waals surface area contributed by atoms with E-state index >= 15 is 0 Å². The van der Waals surface area contributed by atoms with Crippen LogP contribution in [0.25, 0.3) is 0 Å². The lowest BCUT2D eigenvalue weighted by Crippen LogP contribution is -2.34. The van der Waals surface area contributed by atoms with Gasteiger partial charge in [-0.2, -0.15) is 0 Å². The number of hydrogen-bond acceptors (Lipinski definition) is 1. The molecule has 14 heavy (non-hydrogen) atoms. The maximum atomic E-state index is 11.4. The van der Waals surface area contributed by atoms with Crippen LogP contribution in [-0.2, 0) is 4.79 Å². The molecule has 0 unspecified atom stereocenters. The van der Waals surface area contributed by atoms with E-state index in [1.54, 1.807) is 12.2 Å². The van der Waals surface area contributed by atoms with E-state index < -0.39 is 0 Å². The van der Waals surface area contributed by atoms with Gasteiger partial charge in [0.25, 0.3) is 0 Å². The zero-order chi connectivity index (χ0) is 10.2. The van der Waals surface area contributed by atoms with E-state index in [1.165, 1.54) is 19.3 Å². The van der Waals surface area contributed by atoms with E-state index in [0.29, 0.717) is 6.04 Å². The Balaban J connectivity index is 2.25. The smallest absolute Gasteiger partial charge is 0.244 e. The van der Waals surface area contributed by atoms with Crippen molar-refractivity contribution < 1.29 is 4.79 Å². The third kappa shape index (κ3) is 4.26. The fourth-order valence-corrected chi connectivity index (χ4v) is 1.75. The molecule has 1 rings (SSSR count). The van der Waals surface area contributed by atoms with Crippen molar-refractivity contribution in [1.29, 1.82) is 0 Å². The van der Waals surface area contributed by atoms with Gasteiger partial charge < -0.3 is 5.32 Å². The van der Waals surface area contributed by atoms with Crippen molar-refractivity contribution >= 4 is 5.91 Å². The third-order valence-electron chi connectivity index (χ3n) is 2.50. The summed E-state index contributed by atoms with van der Waals surface area (Å²) in [6, 6.07) is 0.409. The first-order valence-corrected chi connectivity index (χ1v) is 5.43. The highest BCUT2D eigenvalue weighted by molar-refractivity contribution is 5.87. The number of hydrogen-bond donors (Lipinski definition) is 1. The highest BCUT2D eigenvalue weighted by Gasteiger charge is 2.13. The van der Waals surface area contributed by atoms with E-state index in [4.69, 9.17) is 0 Å². The number of carbonyl (C=O) groups excluding carboxylic acids is 1. The second kappa shape index (κ2) is 6.41. The predicted octanol–water partition coefficient (Wildman–Crippen LogP) is 2.57. The van der Waals surface area contributed by atoms with Crippen molar-refractivity contribution in [2.45, 2.75) is 45.1 Å². The van der Waals surface area contributed by atoms with Crippen LogP contribution in [0.4, 0.5) is 0 Å². The second-order valence-corrected chi connectivity index (χ2v) is 3.73. The molecular formula is C12H19NO. The van der Waals surface area contributed by atoms with Crippen LogP contribution in [0.1, 0.15) is 39.0 Å². The summed E-state index contributed by atoms with van der Waals surface area (Å²) in [6.07, 6.45) is 13.2. The number of nitrogens with one attached hydrogen (secondary N) is 1. The van der Waals surface area contributed by atoms with Gasteiger partial charge in [-0.05, 0) is 19.8 Å². The molecule has 1 aliphatic carbocycles. The molecule has 1 N–H and O–H groups in total. The van der Waals surface area contributed by atoms with Gasteiger partial charge in [0.1, 0.15) is 0 Å². The van der Waals surface area contributed by atoms with Crippen LogP contribution in [0.15, 0.2) is 24.3 Å². The Kier molecular flexibility index (Phi) is 5.05. The van der Waals surface area contributed by atoms with Crippen LogP contribution in [0.3, 0.4) is 0 Å². The summed E-state index contributed by atoms with van der Waals surface area (Å²) in [7, 11) is 0. The molecule has 1 amide bonds. The van der Waals surface area contributed by atoms with E-state index in [0.717, 1.165) is 12.8 Å². The van der Waals surface area contributed by atoms with Gasteiger partial charge in [0.2, 0.25) is 5.91 Å². The first-order chi connectivity index (χ1) is 6.83. The Bertz CT molecular complexity index is 224. The average molecular weight is 193 g/mol. The minimum Gasteiger partial charge on any atom is -0.350 e. The summed E-state index contributed by atoms with van der Waals surface area (Å²) in [5.41, 5.74) is 0. The molecule has 1 fully saturated rings. The SMILES string of the molecule is CC=CC=CC(=O)NC1CCCCC1. The van der Waals surface area contributed by atoms with Gasteiger partial charge in [0.15, 0.2) is 0 Å². The molecule has 0 radical (unpaired) electrons. The molecule has 2 nitrogen and oxygen atoms in total. The Morgan fingerprint density at radius 1 is 1.21 bits per heavy atom. The summed E-state index contributed by atoms with van der Waals surface area (Å²) in [6.45, 7) is 1.93. The highest BCUT2D eigenvalue weighted by Crippen LogP contribution is 2.17. The van der Waals surface area contributed by atoms with Crippen LogP contribution in [0.5, 0.6) is 0 Å². The van der Waals surface area contributed by atoms with Gasteiger partial charge in [-0.1, -0.05) is 37.5 Å². The maximum Gasteiger partial charge on any atom is 0.244 e. The topological polar surface area (TPSA) is 29.1 Å². The van der Waals surface area contributed by atoms with E-state index in [1.807, 2.05) is 19.1 Å². The standard InChI is InChI=1S/C12H19NO/c1-2-3-5-10-12(14)13-11-8-6-4-7-9-11/h2-3,5,10-11H,4,6-9H2,1H3,(H,13,14). The zero-order valence-corrected chi connectivity index (χ0v) is 8.83. The van der Waals surface area contributed by atoms with Crippen LogP contribution in [0.2, 0.25) is 0 Å². The van der Waals surface area contributed by atoms with Crippen LogP contribution < -0.4 is 5.32 Å². The fraction of sp³-hybridized carbons (Fsp3) is 0.583. The van der Waals surface area contributed by atoms with Gasteiger partial charge in [0.05, 0.1) is 0 Å². The van der Waals surface area contributed by atoms with E-state index in [9.17, 15) is 4.79 Å². The van der Waals surface area contributed by atoms with Gasteiger partial charge in [-0.3, -0.25) is 4.79 Å². The summed E-state index contributed by atoms with van der Waals surface area (Å²) >= 11 is 0. The maximum absolute atomic E-state index is 11.4. The molecule has 0 atom stereocenters. The number of amides is 1. The third-order valence-corrected chi connectivity index (χ3v) is 2.50. The van der Waals surface area contributed by atoms with Crippen molar-refractivity contribution in [3.05, 3.63) is 24.3 Å². The van der Waals surface area contributed by atoms with E-state index in [2.05, 4.69) is 5.32 Å².